The van der Waals surface area contributed by atoms with E-state index in [0.717, 1.165) is 17.5 Å². The molecule has 1 amide bonds. The number of nitriles is 1. The highest BCUT2D eigenvalue weighted by Gasteiger charge is 2.29. The molecule has 10 heteroatoms. The van der Waals surface area contributed by atoms with Gasteiger partial charge < -0.3 is 10.2 Å². The molecule has 1 aliphatic heterocycles. The third kappa shape index (κ3) is 4.45. The van der Waals surface area contributed by atoms with Crippen molar-refractivity contribution in [2.24, 2.45) is 0 Å². The number of imidazole rings is 1. The molecule has 5 rings (SSSR count). The number of carbonyl (C=O) groups is 1. The number of amides is 1. The van der Waals surface area contributed by atoms with E-state index in [1.165, 1.54) is 4.57 Å². The number of hydrogen-bond acceptors (Lipinski definition) is 5. The molecular formula is C27H26FN7O2. The lowest BCUT2D eigenvalue weighted by Crippen LogP contribution is -2.43. The quantitative estimate of drug-likeness (QED) is 0.454. The maximum Gasteiger partial charge on any atom is 0.341 e. The average molecular weight is 500 g/mol. The zero-order valence-electron chi connectivity index (χ0n) is 20.6. The highest BCUT2D eigenvalue weighted by atomic mass is 19.1. The van der Waals surface area contributed by atoms with Crippen molar-refractivity contribution in [3.63, 3.8) is 0 Å². The van der Waals surface area contributed by atoms with Crippen LogP contribution in [0.5, 0.6) is 0 Å². The fourth-order valence-electron chi connectivity index (χ4n) is 4.84. The molecule has 1 atom stereocenters. The molecule has 0 saturated carbocycles. The molecule has 1 fully saturated rings. The number of alkyl halides is 1. The first-order valence-electron chi connectivity index (χ1n) is 11.9. The van der Waals surface area contributed by atoms with E-state index in [9.17, 15) is 14.0 Å². The van der Waals surface area contributed by atoms with Crippen LogP contribution in [-0.2, 0) is 6.67 Å². The lowest BCUT2D eigenvalue weighted by Gasteiger charge is -2.15. The average Bonchev–Trinajstić information content (AvgIpc) is 3.61. The number of rotatable bonds is 5. The fraction of sp³-hybridized carbons (Fsp3) is 0.259. The van der Waals surface area contributed by atoms with Crippen LogP contribution in [0.2, 0.25) is 0 Å². The van der Waals surface area contributed by atoms with Crippen molar-refractivity contribution >= 4 is 6.03 Å². The zero-order chi connectivity index (χ0) is 26.1. The number of nitrogens with zero attached hydrogens (tertiary/aromatic N) is 6. The largest absolute Gasteiger partial charge is 0.341 e. The van der Waals surface area contributed by atoms with Crippen molar-refractivity contribution in [2.75, 3.05) is 20.1 Å². The third-order valence-electron chi connectivity index (χ3n) is 6.66. The van der Waals surface area contributed by atoms with Gasteiger partial charge in [-0.2, -0.15) is 10.4 Å². The van der Waals surface area contributed by atoms with Gasteiger partial charge in [0.15, 0.2) is 0 Å². The normalized spacial score (nSPS) is 15.6. The van der Waals surface area contributed by atoms with Gasteiger partial charge >= 0.3 is 11.7 Å². The highest BCUT2D eigenvalue weighted by molar-refractivity contribution is 5.83. The SMILES string of the molecule is Cc1c(-c2ccnn2-c2ccc(C#N)cc2)n(C(=O)N[C@@H]2CCN(C)C2)c(=O)n1-c1cccc(CF)c1. The fourth-order valence-corrected chi connectivity index (χ4v) is 4.84. The number of hydrogen-bond donors (Lipinski definition) is 1. The number of likely N-dealkylation sites (tertiary alicyclic amines) is 1. The van der Waals surface area contributed by atoms with Gasteiger partial charge in [0, 0.05) is 12.6 Å². The Balaban J connectivity index is 1.68. The predicted molar refractivity (Wildman–Crippen MR) is 137 cm³/mol. The van der Waals surface area contributed by atoms with Gasteiger partial charge in [-0.05, 0) is 75.0 Å². The second-order valence-corrected chi connectivity index (χ2v) is 9.18. The lowest BCUT2D eigenvalue weighted by molar-refractivity contribution is 0.238. The molecule has 2 aromatic heterocycles. The maximum atomic E-state index is 13.8. The van der Waals surface area contributed by atoms with Crippen molar-refractivity contribution in [3.05, 3.63) is 88.1 Å². The Morgan fingerprint density at radius 2 is 1.97 bits per heavy atom. The number of aromatic nitrogens is 4. The van der Waals surface area contributed by atoms with E-state index in [4.69, 9.17) is 5.26 Å². The number of halogens is 1. The van der Waals surface area contributed by atoms with Crippen molar-refractivity contribution < 1.29 is 9.18 Å². The molecule has 0 radical (unpaired) electrons. The maximum absolute atomic E-state index is 13.8. The van der Waals surface area contributed by atoms with E-state index in [-0.39, 0.29) is 6.04 Å². The van der Waals surface area contributed by atoms with Crippen LogP contribution in [0.25, 0.3) is 22.8 Å². The van der Waals surface area contributed by atoms with E-state index >= 15 is 0 Å². The number of benzene rings is 2. The van der Waals surface area contributed by atoms with E-state index in [1.807, 2.05) is 7.05 Å². The minimum atomic E-state index is -0.670. The van der Waals surface area contributed by atoms with Crippen LogP contribution in [0, 0.1) is 18.3 Å². The Hall–Kier alpha value is -4.49. The summed E-state index contributed by atoms with van der Waals surface area (Å²) in [6.07, 6.45) is 2.38. The molecule has 188 valence electrons. The van der Waals surface area contributed by atoms with Gasteiger partial charge in [-0.1, -0.05) is 12.1 Å². The summed E-state index contributed by atoms with van der Waals surface area (Å²) in [6, 6.07) is 16.7. The molecular weight excluding hydrogens is 473 g/mol. The van der Waals surface area contributed by atoms with Crippen LogP contribution in [-0.4, -0.2) is 56.0 Å². The molecule has 2 aromatic carbocycles. The first kappa shape index (κ1) is 24.2. The van der Waals surface area contributed by atoms with Gasteiger partial charge in [0.1, 0.15) is 12.4 Å². The van der Waals surface area contributed by atoms with Crippen LogP contribution in [0.1, 0.15) is 23.2 Å². The molecule has 37 heavy (non-hydrogen) atoms. The molecule has 1 saturated heterocycles. The topological polar surface area (TPSA) is 101 Å². The summed E-state index contributed by atoms with van der Waals surface area (Å²) >= 11 is 0. The Morgan fingerprint density at radius 3 is 2.65 bits per heavy atom. The number of carbonyl (C=O) groups excluding carboxylic acids is 1. The zero-order valence-corrected chi connectivity index (χ0v) is 20.6. The van der Waals surface area contributed by atoms with Crippen LogP contribution < -0.4 is 11.0 Å². The molecule has 0 bridgehead atoms. The monoisotopic (exact) mass is 499 g/mol. The van der Waals surface area contributed by atoms with Crippen molar-refractivity contribution in [1.29, 1.82) is 5.26 Å². The molecule has 1 N–H and O–H groups in total. The van der Waals surface area contributed by atoms with E-state index < -0.39 is 18.4 Å². The Kier molecular flexibility index (Phi) is 6.46. The summed E-state index contributed by atoms with van der Waals surface area (Å²) < 4.78 is 17.6. The molecule has 4 aromatic rings. The Bertz CT molecular complexity index is 1560. The van der Waals surface area contributed by atoms with E-state index in [0.29, 0.717) is 46.1 Å². The Morgan fingerprint density at radius 1 is 1.19 bits per heavy atom. The van der Waals surface area contributed by atoms with Gasteiger partial charge in [-0.15, -0.1) is 0 Å². The minimum Gasteiger partial charge on any atom is -0.333 e. The minimum absolute atomic E-state index is 0.0841. The van der Waals surface area contributed by atoms with Gasteiger partial charge in [0.25, 0.3) is 0 Å². The van der Waals surface area contributed by atoms with Crippen molar-refractivity contribution in [2.45, 2.75) is 26.1 Å². The highest BCUT2D eigenvalue weighted by Crippen LogP contribution is 2.27. The summed E-state index contributed by atoms with van der Waals surface area (Å²) in [5, 5.41) is 16.6. The van der Waals surface area contributed by atoms with Gasteiger partial charge in [-0.3, -0.25) is 4.57 Å². The molecule has 0 unspecified atom stereocenters. The second-order valence-electron chi connectivity index (χ2n) is 9.18. The lowest BCUT2D eigenvalue weighted by atomic mass is 10.2. The van der Waals surface area contributed by atoms with E-state index in [1.54, 1.807) is 72.4 Å². The Labute approximate surface area is 213 Å². The summed E-state index contributed by atoms with van der Waals surface area (Å²) in [5.41, 5.74) is 2.93. The first-order chi connectivity index (χ1) is 17.9. The van der Waals surface area contributed by atoms with Crippen molar-refractivity contribution in [3.8, 4) is 28.8 Å². The molecule has 9 nitrogen and oxygen atoms in total. The van der Waals surface area contributed by atoms with Gasteiger partial charge in [-0.25, -0.2) is 23.2 Å². The van der Waals surface area contributed by atoms with Gasteiger partial charge in [0.05, 0.1) is 40.6 Å². The summed E-state index contributed by atoms with van der Waals surface area (Å²) in [4.78, 5) is 29.5. The smallest absolute Gasteiger partial charge is 0.333 e. The standard InChI is InChI=1S/C27H26FN7O2/c1-18-25(24-10-12-30-35(24)22-8-6-19(16-29)7-9-22)34(26(36)31-21-11-13-32(2)17-21)27(37)33(18)23-5-3-4-20(14-23)15-28/h3-10,12,14,21H,11,13,15,17H2,1-2H3,(H,31,36)/t21-/m1/s1. The van der Waals surface area contributed by atoms with Crippen LogP contribution in [0.4, 0.5) is 9.18 Å². The summed E-state index contributed by atoms with van der Waals surface area (Å²) in [6.45, 7) is 2.63. The predicted octanol–water partition coefficient (Wildman–Crippen LogP) is 3.40. The van der Waals surface area contributed by atoms with Crippen molar-refractivity contribution in [1.82, 2.24) is 29.1 Å². The van der Waals surface area contributed by atoms with Gasteiger partial charge in [0.2, 0.25) is 0 Å². The second kappa shape index (κ2) is 9.87. The molecule has 0 spiro atoms. The van der Waals surface area contributed by atoms with Crippen LogP contribution in [0.3, 0.4) is 0 Å². The third-order valence-corrected chi connectivity index (χ3v) is 6.66. The van der Waals surface area contributed by atoms with E-state index in [2.05, 4.69) is 21.4 Å². The van der Waals surface area contributed by atoms with Crippen LogP contribution >= 0.6 is 0 Å². The first-order valence-corrected chi connectivity index (χ1v) is 11.9. The van der Waals surface area contributed by atoms with Crippen LogP contribution in [0.15, 0.2) is 65.6 Å². The molecule has 3 heterocycles. The number of likely N-dealkylation sites (N-methyl/N-ethyl adjacent to an activating group) is 1. The molecule has 0 aliphatic carbocycles. The number of nitrogens with one attached hydrogen (secondary N) is 1. The molecule has 1 aliphatic rings. The summed E-state index contributed by atoms with van der Waals surface area (Å²) in [5.74, 6) is 0. The summed E-state index contributed by atoms with van der Waals surface area (Å²) in [7, 11) is 1.98.